The van der Waals surface area contributed by atoms with E-state index < -0.39 is 12.1 Å². The summed E-state index contributed by atoms with van der Waals surface area (Å²) in [6.45, 7) is 0. The predicted molar refractivity (Wildman–Crippen MR) is 104 cm³/mol. The lowest BCUT2D eigenvalue weighted by molar-refractivity contribution is -0.117. The number of amides is 1. The highest BCUT2D eigenvalue weighted by Crippen LogP contribution is 2.39. The van der Waals surface area contributed by atoms with Crippen molar-refractivity contribution in [3.05, 3.63) is 42.5 Å². The molecular formula is C19H15F2N5OS. The summed E-state index contributed by atoms with van der Waals surface area (Å²) in [5, 5.41) is 14.6. The van der Waals surface area contributed by atoms with Gasteiger partial charge in [-0.2, -0.15) is 10.2 Å². The van der Waals surface area contributed by atoms with Gasteiger partial charge in [-0.3, -0.25) is 9.89 Å². The second-order valence-corrected chi connectivity index (χ2v) is 7.58. The molecule has 1 aliphatic rings. The van der Waals surface area contributed by atoms with Gasteiger partial charge in [0.1, 0.15) is 12.0 Å². The molecule has 3 aromatic heterocycles. The molecule has 3 heterocycles. The van der Waals surface area contributed by atoms with Crippen LogP contribution in [0.5, 0.6) is 0 Å². The highest BCUT2D eigenvalue weighted by Gasteiger charge is 2.43. The fourth-order valence-corrected chi connectivity index (χ4v) is 4.08. The fourth-order valence-electron chi connectivity index (χ4n) is 3.39. The van der Waals surface area contributed by atoms with Gasteiger partial charge in [-0.1, -0.05) is 0 Å². The van der Waals surface area contributed by atoms with E-state index in [0.717, 1.165) is 22.0 Å². The first-order chi connectivity index (χ1) is 13.5. The molecule has 1 amide bonds. The van der Waals surface area contributed by atoms with Crippen molar-refractivity contribution in [1.82, 2.24) is 19.8 Å². The highest BCUT2D eigenvalue weighted by molar-refractivity contribution is 7.98. The molecule has 2 atom stereocenters. The third kappa shape index (κ3) is 2.73. The third-order valence-corrected chi connectivity index (χ3v) is 5.72. The first-order valence-corrected chi connectivity index (χ1v) is 9.92. The van der Waals surface area contributed by atoms with Gasteiger partial charge in [0.25, 0.3) is 0 Å². The van der Waals surface area contributed by atoms with Crippen LogP contribution in [0.4, 0.5) is 14.6 Å². The maximum absolute atomic E-state index is 14.6. The Kier molecular flexibility index (Phi) is 3.87. The van der Waals surface area contributed by atoms with Crippen molar-refractivity contribution in [2.75, 3.05) is 11.6 Å². The van der Waals surface area contributed by atoms with Gasteiger partial charge >= 0.3 is 0 Å². The number of rotatable bonds is 4. The smallest absolute Gasteiger partial charge is 0.231 e. The van der Waals surface area contributed by atoms with Crippen LogP contribution in [0.1, 0.15) is 6.42 Å². The normalized spacial score (nSPS) is 18.7. The van der Waals surface area contributed by atoms with Gasteiger partial charge in [0, 0.05) is 29.3 Å². The van der Waals surface area contributed by atoms with E-state index >= 15 is 0 Å². The minimum atomic E-state index is -1.06. The molecular weight excluding hydrogens is 384 g/mol. The lowest BCUT2D eigenvalue weighted by Crippen LogP contribution is -2.15. The van der Waals surface area contributed by atoms with Gasteiger partial charge in [0.05, 0.1) is 28.0 Å². The van der Waals surface area contributed by atoms with Gasteiger partial charge in [0.2, 0.25) is 5.91 Å². The zero-order valence-electron chi connectivity index (χ0n) is 14.7. The lowest BCUT2D eigenvalue weighted by Gasteiger charge is -2.11. The summed E-state index contributed by atoms with van der Waals surface area (Å²) in [4.78, 5) is 12.5. The lowest BCUT2D eigenvalue weighted by atomic mass is 10.0. The molecule has 9 heteroatoms. The molecule has 0 bridgehead atoms. The van der Waals surface area contributed by atoms with Gasteiger partial charge in [-0.05, 0) is 30.4 Å². The number of hydrogen-bond acceptors (Lipinski definition) is 4. The molecule has 0 unspecified atom stereocenters. The Balaban J connectivity index is 1.58. The van der Waals surface area contributed by atoms with E-state index in [2.05, 4.69) is 20.6 Å². The number of fused-ring (bicyclic) bond motifs is 2. The average Bonchev–Trinajstić information content (AvgIpc) is 3.05. The standard InChI is InChI=1S/C19H15F2N5OS/c1-28-18-14(21)7-15-12(8-22-24-15)17(18)9-2-3-26-10(4-9)5-16(25-26)23-19(27)11-6-13(11)20/h2-5,7-8,11,13H,6H2,1H3,(H,22,24)(H,23,25,27)/t11-,13+/m1/s1. The monoisotopic (exact) mass is 399 g/mol. The molecule has 1 aliphatic carbocycles. The summed E-state index contributed by atoms with van der Waals surface area (Å²) < 4.78 is 29.2. The maximum Gasteiger partial charge on any atom is 0.231 e. The summed E-state index contributed by atoms with van der Waals surface area (Å²) in [6, 6.07) is 6.87. The van der Waals surface area contributed by atoms with Crippen LogP contribution in [0, 0.1) is 11.7 Å². The second-order valence-electron chi connectivity index (χ2n) is 6.76. The molecule has 4 aromatic rings. The van der Waals surface area contributed by atoms with E-state index in [1.54, 1.807) is 23.0 Å². The van der Waals surface area contributed by atoms with Crippen molar-refractivity contribution in [3.63, 3.8) is 0 Å². The molecule has 0 saturated heterocycles. The summed E-state index contributed by atoms with van der Waals surface area (Å²) >= 11 is 1.33. The number of carbonyl (C=O) groups excluding carboxylic acids is 1. The number of hydrogen-bond donors (Lipinski definition) is 2. The Morgan fingerprint density at radius 1 is 1.39 bits per heavy atom. The van der Waals surface area contributed by atoms with Crippen LogP contribution in [-0.2, 0) is 4.79 Å². The summed E-state index contributed by atoms with van der Waals surface area (Å²) in [7, 11) is 0. The third-order valence-electron chi connectivity index (χ3n) is 4.91. The summed E-state index contributed by atoms with van der Waals surface area (Å²) in [6.07, 6.45) is 4.46. The number of alkyl halides is 1. The predicted octanol–water partition coefficient (Wildman–Crippen LogP) is 4.04. The minimum Gasteiger partial charge on any atom is -0.309 e. The summed E-state index contributed by atoms with van der Waals surface area (Å²) in [5.74, 6) is -0.887. The largest absolute Gasteiger partial charge is 0.309 e. The number of benzene rings is 1. The van der Waals surface area contributed by atoms with Crippen LogP contribution in [0.25, 0.3) is 27.5 Å². The van der Waals surface area contributed by atoms with Crippen LogP contribution in [-0.4, -0.2) is 38.1 Å². The van der Waals surface area contributed by atoms with E-state index in [-0.39, 0.29) is 18.1 Å². The van der Waals surface area contributed by atoms with Gasteiger partial charge in [0.15, 0.2) is 5.82 Å². The number of pyridine rings is 1. The molecule has 6 nitrogen and oxygen atoms in total. The van der Waals surface area contributed by atoms with E-state index in [9.17, 15) is 13.6 Å². The number of nitrogens with one attached hydrogen (secondary N) is 2. The van der Waals surface area contributed by atoms with Crippen LogP contribution in [0.15, 0.2) is 41.6 Å². The van der Waals surface area contributed by atoms with Crippen LogP contribution in [0.3, 0.4) is 0 Å². The summed E-state index contributed by atoms with van der Waals surface area (Å²) in [5.41, 5.74) is 2.92. The van der Waals surface area contributed by atoms with Crippen LogP contribution >= 0.6 is 11.8 Å². The van der Waals surface area contributed by atoms with Crippen molar-refractivity contribution in [1.29, 1.82) is 0 Å². The molecule has 0 aliphatic heterocycles. The van der Waals surface area contributed by atoms with Gasteiger partial charge in [-0.25, -0.2) is 13.3 Å². The van der Waals surface area contributed by atoms with Crippen molar-refractivity contribution in [3.8, 4) is 11.1 Å². The van der Waals surface area contributed by atoms with Gasteiger partial charge < -0.3 is 5.32 Å². The topological polar surface area (TPSA) is 75.1 Å². The van der Waals surface area contributed by atoms with Crippen molar-refractivity contribution in [2.24, 2.45) is 5.92 Å². The number of aromatic nitrogens is 4. The Bertz CT molecular complexity index is 1230. The van der Waals surface area contributed by atoms with E-state index in [1.165, 1.54) is 17.8 Å². The zero-order chi connectivity index (χ0) is 19.4. The first-order valence-electron chi connectivity index (χ1n) is 8.69. The Labute approximate surface area is 162 Å². The molecule has 1 saturated carbocycles. The van der Waals surface area contributed by atoms with Crippen molar-refractivity contribution in [2.45, 2.75) is 17.5 Å². The number of anilines is 1. The maximum atomic E-state index is 14.6. The van der Waals surface area contributed by atoms with E-state index in [4.69, 9.17) is 0 Å². The number of halogens is 2. The Morgan fingerprint density at radius 3 is 2.96 bits per heavy atom. The fraction of sp³-hybridized carbons (Fsp3) is 0.211. The molecule has 2 N–H and O–H groups in total. The van der Waals surface area contributed by atoms with Crippen molar-refractivity contribution < 1.29 is 13.6 Å². The second kappa shape index (κ2) is 6.30. The Morgan fingerprint density at radius 2 is 2.21 bits per heavy atom. The number of aromatic amines is 1. The molecule has 142 valence electrons. The molecule has 1 fully saturated rings. The number of nitrogens with zero attached hydrogens (tertiary/aromatic N) is 3. The first kappa shape index (κ1) is 17.2. The zero-order valence-corrected chi connectivity index (χ0v) is 15.6. The average molecular weight is 399 g/mol. The SMILES string of the molecule is CSc1c(F)cc2[nH]ncc2c1-c1ccn2nc(NC(=O)[C@@H]3C[C@@H]3F)cc2c1. The van der Waals surface area contributed by atoms with Crippen molar-refractivity contribution >= 4 is 39.9 Å². The van der Waals surface area contributed by atoms with Crippen LogP contribution < -0.4 is 5.32 Å². The highest BCUT2D eigenvalue weighted by atomic mass is 32.2. The Hall–Kier alpha value is -2.94. The quantitative estimate of drug-likeness (QED) is 0.508. The number of H-pyrrole nitrogens is 1. The number of thioether (sulfide) groups is 1. The van der Waals surface area contributed by atoms with E-state index in [0.29, 0.717) is 16.2 Å². The van der Waals surface area contributed by atoms with Gasteiger partial charge in [-0.15, -0.1) is 11.8 Å². The number of carbonyl (C=O) groups is 1. The van der Waals surface area contributed by atoms with Crippen LogP contribution in [0.2, 0.25) is 0 Å². The molecule has 5 rings (SSSR count). The van der Waals surface area contributed by atoms with E-state index in [1.807, 2.05) is 18.4 Å². The molecule has 0 radical (unpaired) electrons. The molecule has 28 heavy (non-hydrogen) atoms. The minimum absolute atomic E-state index is 0.265. The molecule has 0 spiro atoms. The molecule has 1 aromatic carbocycles.